The molecule has 2 aromatic carbocycles. The largest absolute Gasteiger partial charge is 0.375 e. The molecular weight excluding hydrogens is 1050 g/mol. The standard InChI is InChI=1S/C61H82ClFN12O6/c62-46-13-10-41(11-14-46)52(68-60(80)61(64)22-31-73(32-23-61)56-49-16-24-65-55(49)66-40-67-56)21-28-70-33-35-72(36-34-70)53(76)39-71-26-17-47(18-27-71)81-48-19-29-74(30-20-48)59(79)54(42-5-2-1-3-6-42)69-57(77)50-37-44(12-15-51(50)63)45-7-4-25-75(38-45)58(78)43-8-9-43/h10-16,24,37,40,42-43,45,47-48,52,54H,1-9,17-23,25-36,38-39,64H2,(H,68,80)(H,69,77)(H,65,66,67)/t45?,52?,54-/m1/s1. The summed E-state index contributed by atoms with van der Waals surface area (Å²) < 4.78 is 22.2. The highest BCUT2D eigenvalue weighted by Gasteiger charge is 2.41. The number of carbonyl (C=O) groups is 5. The Bertz CT molecular complexity index is 2830. The molecule has 436 valence electrons. The van der Waals surface area contributed by atoms with Crippen LogP contribution in [0, 0.1) is 17.7 Å². The van der Waals surface area contributed by atoms with E-state index in [1.165, 1.54) is 6.07 Å². The quantitative estimate of drug-likeness (QED) is 0.0906. The van der Waals surface area contributed by atoms with E-state index in [1.54, 1.807) is 18.5 Å². The van der Waals surface area contributed by atoms with Gasteiger partial charge in [0.2, 0.25) is 23.6 Å². The first-order valence-corrected chi connectivity index (χ1v) is 30.7. The van der Waals surface area contributed by atoms with Gasteiger partial charge in [0.15, 0.2) is 0 Å². The van der Waals surface area contributed by atoms with Crippen LogP contribution in [0.15, 0.2) is 61.1 Å². The van der Waals surface area contributed by atoms with Gasteiger partial charge in [-0.2, -0.15) is 0 Å². The number of rotatable bonds is 17. The van der Waals surface area contributed by atoms with Crippen molar-refractivity contribution in [2.24, 2.45) is 17.6 Å². The zero-order chi connectivity index (χ0) is 56.0. The van der Waals surface area contributed by atoms with E-state index in [0.29, 0.717) is 89.5 Å². The first-order chi connectivity index (χ1) is 39.3. The molecule has 2 aliphatic carbocycles. The Balaban J connectivity index is 0.602. The van der Waals surface area contributed by atoms with E-state index in [1.807, 2.05) is 51.2 Å². The maximum Gasteiger partial charge on any atom is 0.254 e. The molecule has 0 spiro atoms. The van der Waals surface area contributed by atoms with Crippen molar-refractivity contribution in [2.45, 2.75) is 138 Å². The number of piperidine rings is 4. The molecule has 81 heavy (non-hydrogen) atoms. The third-order valence-electron chi connectivity index (χ3n) is 18.8. The molecule has 7 fully saturated rings. The molecule has 5 amide bonds. The number of likely N-dealkylation sites (tertiary alicyclic amines) is 3. The Kier molecular flexibility index (Phi) is 18.2. The Morgan fingerprint density at radius 1 is 0.741 bits per heavy atom. The first kappa shape index (κ1) is 57.1. The average molecular weight is 1130 g/mol. The number of hydrogen-bond donors (Lipinski definition) is 4. The van der Waals surface area contributed by atoms with Crippen molar-refractivity contribution in [1.29, 1.82) is 0 Å². The number of hydrogen-bond acceptors (Lipinski definition) is 12. The van der Waals surface area contributed by atoms with E-state index in [4.69, 9.17) is 22.1 Å². The van der Waals surface area contributed by atoms with Crippen molar-refractivity contribution >= 4 is 58.0 Å². The van der Waals surface area contributed by atoms with Crippen LogP contribution in [-0.4, -0.2) is 184 Å². The number of nitrogens with zero attached hydrogens (tertiary/aromatic N) is 8. The molecular formula is C61H82ClFN12O6. The Labute approximate surface area is 480 Å². The minimum absolute atomic E-state index is 0.0141. The van der Waals surface area contributed by atoms with Crippen LogP contribution in [0.5, 0.6) is 0 Å². The molecule has 2 aromatic heterocycles. The number of aromatic nitrogens is 3. The van der Waals surface area contributed by atoms with Crippen molar-refractivity contribution in [3.63, 3.8) is 0 Å². The van der Waals surface area contributed by atoms with Crippen LogP contribution in [0.4, 0.5) is 10.2 Å². The van der Waals surface area contributed by atoms with Gasteiger partial charge < -0.3 is 45.7 Å². The van der Waals surface area contributed by atoms with Crippen LogP contribution in [0.3, 0.4) is 0 Å². The molecule has 2 unspecified atom stereocenters. The van der Waals surface area contributed by atoms with Crippen LogP contribution in [0.2, 0.25) is 5.02 Å². The smallest absolute Gasteiger partial charge is 0.254 e. The van der Waals surface area contributed by atoms with Crippen LogP contribution < -0.4 is 21.3 Å². The van der Waals surface area contributed by atoms with Crippen LogP contribution >= 0.6 is 11.6 Å². The van der Waals surface area contributed by atoms with E-state index < -0.39 is 23.3 Å². The maximum atomic E-state index is 15.5. The monoisotopic (exact) mass is 1130 g/mol. The van der Waals surface area contributed by atoms with Crippen molar-refractivity contribution in [2.75, 3.05) is 96.5 Å². The van der Waals surface area contributed by atoms with E-state index >= 15 is 4.39 Å². The molecule has 0 bridgehead atoms. The molecule has 0 radical (unpaired) electrons. The topological polar surface area (TPSA) is 206 Å². The number of piperazine rings is 1. The summed E-state index contributed by atoms with van der Waals surface area (Å²) in [6.45, 7) is 9.03. The van der Waals surface area contributed by atoms with Gasteiger partial charge in [-0.05, 0) is 131 Å². The highest BCUT2D eigenvalue weighted by Crippen LogP contribution is 2.36. The zero-order valence-electron chi connectivity index (χ0n) is 46.9. The summed E-state index contributed by atoms with van der Waals surface area (Å²) in [5.41, 5.74) is 8.42. The molecule has 5 saturated heterocycles. The summed E-state index contributed by atoms with van der Waals surface area (Å²) in [5.74, 6) is -0.0618. The molecule has 18 nitrogen and oxygen atoms in total. The van der Waals surface area contributed by atoms with Crippen molar-refractivity contribution in [3.8, 4) is 0 Å². The summed E-state index contributed by atoms with van der Waals surface area (Å²) in [6.07, 6.45) is 16.6. The van der Waals surface area contributed by atoms with E-state index in [-0.39, 0.29) is 65.2 Å². The molecule has 3 atom stereocenters. The lowest BCUT2D eigenvalue weighted by molar-refractivity contribution is -0.140. The molecule has 20 heteroatoms. The Hall–Kier alpha value is -5.73. The van der Waals surface area contributed by atoms with Gasteiger partial charge >= 0.3 is 0 Å². The fourth-order valence-electron chi connectivity index (χ4n) is 13.6. The van der Waals surface area contributed by atoms with Gasteiger partial charge in [-0.15, -0.1) is 0 Å². The summed E-state index contributed by atoms with van der Waals surface area (Å²) in [6, 6.07) is 13.4. The number of H-pyrrole nitrogens is 1. The second-order valence-electron chi connectivity index (χ2n) is 24.3. The zero-order valence-corrected chi connectivity index (χ0v) is 47.6. The number of amides is 5. The maximum absolute atomic E-state index is 15.5. The third-order valence-corrected chi connectivity index (χ3v) is 19.1. The number of nitrogens with two attached hydrogens (primary N) is 1. The molecule has 7 heterocycles. The normalized spacial score (nSPS) is 22.8. The van der Waals surface area contributed by atoms with Crippen molar-refractivity contribution < 1.29 is 33.1 Å². The predicted octanol–water partition coefficient (Wildman–Crippen LogP) is 6.41. The van der Waals surface area contributed by atoms with Gasteiger partial charge in [-0.25, -0.2) is 14.4 Å². The number of ether oxygens (including phenoxy) is 1. The number of carbonyl (C=O) groups excluding carboxylic acids is 5. The molecule has 4 aromatic rings. The van der Waals surface area contributed by atoms with Gasteiger partial charge in [0.1, 0.15) is 29.7 Å². The lowest BCUT2D eigenvalue weighted by Crippen LogP contribution is -2.60. The lowest BCUT2D eigenvalue weighted by Gasteiger charge is -2.40. The number of aromatic amines is 1. The summed E-state index contributed by atoms with van der Waals surface area (Å²) >= 11 is 6.29. The number of anilines is 1. The highest BCUT2D eigenvalue weighted by atomic mass is 35.5. The average Bonchev–Trinajstić information content (AvgIpc) is 4.27. The second-order valence-corrected chi connectivity index (χ2v) is 24.7. The van der Waals surface area contributed by atoms with Gasteiger partial charge in [0.25, 0.3) is 5.91 Å². The van der Waals surface area contributed by atoms with Gasteiger partial charge in [-0.3, -0.25) is 33.8 Å². The summed E-state index contributed by atoms with van der Waals surface area (Å²) in [7, 11) is 0. The van der Waals surface area contributed by atoms with Gasteiger partial charge in [-0.1, -0.05) is 49.1 Å². The fourth-order valence-corrected chi connectivity index (χ4v) is 13.7. The minimum atomic E-state index is -1.02. The fraction of sp³-hybridized carbons (Fsp3) is 0.623. The lowest BCUT2D eigenvalue weighted by atomic mass is 9.83. The predicted molar refractivity (Wildman–Crippen MR) is 308 cm³/mol. The Morgan fingerprint density at radius 3 is 2.17 bits per heavy atom. The molecule has 7 aliphatic rings. The van der Waals surface area contributed by atoms with E-state index in [2.05, 4.69) is 40.3 Å². The number of fused-ring (bicyclic) bond motifs is 1. The van der Waals surface area contributed by atoms with Crippen molar-refractivity contribution in [1.82, 2.24) is 50.1 Å². The molecule has 11 rings (SSSR count). The third kappa shape index (κ3) is 13.9. The van der Waals surface area contributed by atoms with E-state index in [9.17, 15) is 24.0 Å². The number of nitrogens with one attached hydrogen (secondary N) is 3. The number of halogens is 2. The SMILES string of the molecule is NC1(C(=O)NC(CCN2CCN(C(=O)CN3CCC(OC4CCN(C(=O)[C@H](NC(=O)c5cc(C6CCCN(C(=O)C7CC7)C6)ccc5F)C5CCCCC5)CC4)CC3)CC2)c2ccc(Cl)cc2)CCN(c2ncnc3[nH]ccc23)CC1. The molecule has 2 saturated carbocycles. The molecule has 5 aliphatic heterocycles. The van der Waals surface area contributed by atoms with Crippen molar-refractivity contribution in [3.05, 3.63) is 88.6 Å². The first-order valence-electron chi connectivity index (χ1n) is 30.3. The second kappa shape index (κ2) is 25.8. The van der Waals surface area contributed by atoms with Crippen LogP contribution in [-0.2, 0) is 23.9 Å². The number of benzene rings is 2. The van der Waals surface area contributed by atoms with Crippen LogP contribution in [0.25, 0.3) is 11.0 Å². The van der Waals surface area contributed by atoms with Gasteiger partial charge in [0.05, 0.1) is 41.3 Å². The van der Waals surface area contributed by atoms with Gasteiger partial charge in [0, 0.05) is 108 Å². The summed E-state index contributed by atoms with van der Waals surface area (Å²) in [4.78, 5) is 93.6. The summed E-state index contributed by atoms with van der Waals surface area (Å²) in [5, 5.41) is 7.95. The molecule has 5 N–H and O–H groups in total. The van der Waals surface area contributed by atoms with E-state index in [0.717, 1.165) is 138 Å². The minimum Gasteiger partial charge on any atom is -0.375 e. The Morgan fingerprint density at radius 2 is 1.46 bits per heavy atom. The highest BCUT2D eigenvalue weighted by molar-refractivity contribution is 6.30. The van der Waals surface area contributed by atoms with Crippen LogP contribution in [0.1, 0.15) is 136 Å².